The van der Waals surface area contributed by atoms with Gasteiger partial charge in [0.1, 0.15) is 5.75 Å². The second kappa shape index (κ2) is 12.5. The lowest BCUT2D eigenvalue weighted by molar-refractivity contribution is 0.0963. The fourth-order valence-electron chi connectivity index (χ4n) is 3.83. The van der Waals surface area contributed by atoms with Crippen LogP contribution in [0.1, 0.15) is 40.7 Å². The van der Waals surface area contributed by atoms with E-state index in [1.54, 1.807) is 14.2 Å². The number of aliphatic imine (C=N–C) groups is 1. The Hall–Kier alpha value is -2.29. The van der Waals surface area contributed by atoms with E-state index in [1.807, 2.05) is 36.4 Å². The first-order chi connectivity index (χ1) is 14.6. The Morgan fingerprint density at radius 3 is 2.68 bits per heavy atom. The van der Waals surface area contributed by atoms with Gasteiger partial charge < -0.3 is 20.3 Å². The summed E-state index contributed by atoms with van der Waals surface area (Å²) < 4.78 is 5.27. The van der Waals surface area contributed by atoms with Crippen molar-refractivity contribution in [2.45, 2.75) is 25.7 Å². The average Bonchev–Trinajstić information content (AvgIpc) is 3.28. The molecule has 0 aromatic heterocycles. The van der Waals surface area contributed by atoms with E-state index in [2.05, 4.69) is 34.6 Å². The summed E-state index contributed by atoms with van der Waals surface area (Å²) in [6, 6.07) is 16.1. The fraction of sp³-hybridized carbons (Fsp3) is 0.417. The molecule has 1 fully saturated rings. The highest BCUT2D eigenvalue weighted by Gasteiger charge is 2.26. The molecule has 6 nitrogen and oxygen atoms in total. The molecular weight excluding hydrogens is 503 g/mol. The summed E-state index contributed by atoms with van der Waals surface area (Å²) in [5, 5.41) is 6.10. The molecule has 0 aliphatic carbocycles. The van der Waals surface area contributed by atoms with Crippen LogP contribution >= 0.6 is 24.0 Å². The summed E-state index contributed by atoms with van der Waals surface area (Å²) in [7, 11) is 3.34. The molecule has 1 atom stereocenters. The van der Waals surface area contributed by atoms with Crippen LogP contribution in [-0.4, -0.2) is 57.1 Å². The Kier molecular flexibility index (Phi) is 10.1. The molecule has 2 aromatic rings. The maximum atomic E-state index is 11.8. The number of carbonyl (C=O) groups excluding carboxylic acids is 1. The molecule has 1 unspecified atom stereocenters. The third-order valence-electron chi connectivity index (χ3n) is 5.49. The van der Waals surface area contributed by atoms with Crippen LogP contribution in [0.2, 0.25) is 0 Å². The first-order valence-corrected chi connectivity index (χ1v) is 10.6. The number of methoxy groups -OCH3 is 1. The number of ether oxygens (including phenoxy) is 1. The number of benzene rings is 2. The molecule has 1 aliphatic rings. The van der Waals surface area contributed by atoms with E-state index in [-0.39, 0.29) is 29.9 Å². The first kappa shape index (κ1) is 25.0. The third kappa shape index (κ3) is 6.85. The minimum atomic E-state index is -0.0599. The van der Waals surface area contributed by atoms with Gasteiger partial charge in [-0.05, 0) is 55.2 Å². The third-order valence-corrected chi connectivity index (χ3v) is 5.49. The summed E-state index contributed by atoms with van der Waals surface area (Å²) in [4.78, 5) is 19.0. The Morgan fingerprint density at radius 2 is 2.00 bits per heavy atom. The lowest BCUT2D eigenvalue weighted by Gasteiger charge is -2.22. The molecule has 31 heavy (non-hydrogen) atoms. The van der Waals surface area contributed by atoms with Crippen LogP contribution in [0.25, 0.3) is 0 Å². The smallest absolute Gasteiger partial charge is 0.251 e. The van der Waals surface area contributed by atoms with Crippen LogP contribution in [0.3, 0.4) is 0 Å². The number of hydrogen-bond acceptors (Lipinski definition) is 3. The Morgan fingerprint density at radius 1 is 1.23 bits per heavy atom. The van der Waals surface area contributed by atoms with Crippen molar-refractivity contribution < 1.29 is 9.53 Å². The van der Waals surface area contributed by atoms with E-state index < -0.39 is 0 Å². The fourth-order valence-corrected chi connectivity index (χ4v) is 3.83. The molecule has 2 N–H and O–H groups in total. The number of hydrogen-bond donors (Lipinski definition) is 2. The molecule has 0 radical (unpaired) electrons. The number of guanidine groups is 1. The minimum absolute atomic E-state index is 0. The lowest BCUT2D eigenvalue weighted by atomic mass is 9.98. The molecule has 1 aliphatic heterocycles. The van der Waals surface area contributed by atoms with Gasteiger partial charge in [0.25, 0.3) is 5.91 Å². The number of nitrogens with one attached hydrogen (secondary N) is 2. The van der Waals surface area contributed by atoms with Gasteiger partial charge >= 0.3 is 0 Å². The van der Waals surface area contributed by atoms with Gasteiger partial charge in [0.05, 0.1) is 7.11 Å². The Balaban J connectivity index is 0.00000341. The van der Waals surface area contributed by atoms with Crippen molar-refractivity contribution in [3.63, 3.8) is 0 Å². The Bertz CT molecular complexity index is 870. The van der Waals surface area contributed by atoms with Crippen molar-refractivity contribution in [1.82, 2.24) is 15.5 Å². The summed E-state index contributed by atoms with van der Waals surface area (Å²) in [5.41, 5.74) is 3.15. The molecule has 1 amide bonds. The average molecular weight is 536 g/mol. The van der Waals surface area contributed by atoms with Gasteiger partial charge in [0, 0.05) is 44.7 Å². The number of nitrogens with zero attached hydrogens (tertiary/aromatic N) is 2. The van der Waals surface area contributed by atoms with Crippen LogP contribution in [0.15, 0.2) is 53.5 Å². The van der Waals surface area contributed by atoms with Gasteiger partial charge in [0.2, 0.25) is 0 Å². The molecule has 1 saturated heterocycles. The highest BCUT2D eigenvalue weighted by molar-refractivity contribution is 14.0. The number of carbonyl (C=O) groups is 1. The molecule has 168 valence electrons. The predicted octanol–water partition coefficient (Wildman–Crippen LogP) is 3.67. The van der Waals surface area contributed by atoms with E-state index in [0.29, 0.717) is 18.0 Å². The normalized spacial score (nSPS) is 15.9. The zero-order chi connectivity index (χ0) is 21.3. The topological polar surface area (TPSA) is 66.0 Å². The van der Waals surface area contributed by atoms with Crippen molar-refractivity contribution >= 4 is 35.8 Å². The maximum Gasteiger partial charge on any atom is 0.251 e. The molecule has 1 heterocycles. The highest BCUT2D eigenvalue weighted by atomic mass is 127. The zero-order valence-corrected chi connectivity index (χ0v) is 20.9. The van der Waals surface area contributed by atoms with Crippen LogP contribution in [0.4, 0.5) is 0 Å². The van der Waals surface area contributed by atoms with Gasteiger partial charge in [0.15, 0.2) is 5.96 Å². The van der Waals surface area contributed by atoms with Crippen molar-refractivity contribution in [2.24, 2.45) is 4.99 Å². The monoisotopic (exact) mass is 536 g/mol. The van der Waals surface area contributed by atoms with Crippen LogP contribution < -0.4 is 15.4 Å². The minimum Gasteiger partial charge on any atom is -0.497 e. The van der Waals surface area contributed by atoms with E-state index in [4.69, 9.17) is 9.73 Å². The molecule has 0 saturated carbocycles. The van der Waals surface area contributed by atoms with E-state index in [1.165, 1.54) is 5.56 Å². The first-order valence-electron chi connectivity index (χ1n) is 10.6. The summed E-state index contributed by atoms with van der Waals surface area (Å²) in [5.74, 6) is 2.30. The molecule has 2 aromatic carbocycles. The molecular formula is C24H33IN4O2. The van der Waals surface area contributed by atoms with Gasteiger partial charge in [-0.2, -0.15) is 0 Å². The molecule has 7 heteroatoms. The van der Waals surface area contributed by atoms with Crippen molar-refractivity contribution in [2.75, 3.05) is 40.3 Å². The Labute approximate surface area is 202 Å². The van der Waals surface area contributed by atoms with Gasteiger partial charge in [-0.3, -0.25) is 9.79 Å². The van der Waals surface area contributed by atoms with Gasteiger partial charge in [-0.25, -0.2) is 0 Å². The summed E-state index contributed by atoms with van der Waals surface area (Å²) in [6.45, 7) is 5.58. The SMILES string of the molecule is CCNC(=NCCc1cccc(C(=O)NC)c1)N1CCC(c2ccc(OC)cc2)C1.I. The maximum absolute atomic E-state index is 11.8. The lowest BCUT2D eigenvalue weighted by Crippen LogP contribution is -2.40. The number of halogens is 1. The van der Waals surface area contributed by atoms with Crippen LogP contribution in [-0.2, 0) is 6.42 Å². The van der Waals surface area contributed by atoms with Crippen LogP contribution in [0.5, 0.6) is 5.75 Å². The van der Waals surface area contributed by atoms with Crippen molar-refractivity contribution in [3.05, 3.63) is 65.2 Å². The van der Waals surface area contributed by atoms with Crippen molar-refractivity contribution in [3.8, 4) is 5.75 Å². The standard InChI is InChI=1S/C24H32N4O2.HI/c1-4-26-24(27-14-12-18-6-5-7-20(16-18)23(29)25-2)28-15-13-21(17-28)19-8-10-22(30-3)11-9-19;/h5-11,16,21H,4,12-15,17H2,1-3H3,(H,25,29)(H,26,27);1H. The predicted molar refractivity (Wildman–Crippen MR) is 137 cm³/mol. The highest BCUT2D eigenvalue weighted by Crippen LogP contribution is 2.28. The van der Waals surface area contributed by atoms with E-state index in [0.717, 1.165) is 49.7 Å². The quantitative estimate of drug-likeness (QED) is 0.322. The van der Waals surface area contributed by atoms with E-state index >= 15 is 0 Å². The number of likely N-dealkylation sites (tertiary alicyclic amines) is 1. The van der Waals surface area contributed by atoms with E-state index in [9.17, 15) is 4.79 Å². The summed E-state index contributed by atoms with van der Waals surface area (Å²) >= 11 is 0. The number of rotatable bonds is 7. The summed E-state index contributed by atoms with van der Waals surface area (Å²) in [6.07, 6.45) is 1.92. The largest absolute Gasteiger partial charge is 0.497 e. The zero-order valence-electron chi connectivity index (χ0n) is 18.6. The van der Waals surface area contributed by atoms with Crippen LogP contribution in [0, 0.1) is 0 Å². The molecule has 0 bridgehead atoms. The second-order valence-electron chi connectivity index (χ2n) is 7.47. The number of amides is 1. The van der Waals surface area contributed by atoms with Gasteiger partial charge in [-0.1, -0.05) is 24.3 Å². The second-order valence-corrected chi connectivity index (χ2v) is 7.47. The molecule has 3 rings (SSSR count). The van der Waals surface area contributed by atoms with Gasteiger partial charge in [-0.15, -0.1) is 24.0 Å². The van der Waals surface area contributed by atoms with Crippen molar-refractivity contribution in [1.29, 1.82) is 0 Å². The molecule has 0 spiro atoms.